The summed E-state index contributed by atoms with van der Waals surface area (Å²) in [6, 6.07) is 5.70. The first-order valence-corrected chi connectivity index (χ1v) is 4.64. The molecule has 0 radical (unpaired) electrons. The van der Waals surface area contributed by atoms with Crippen LogP contribution in [0.25, 0.3) is 0 Å². The number of hydrogen-bond donors (Lipinski definition) is 0. The minimum Gasteiger partial charge on any atom is -0.491 e. The van der Waals surface area contributed by atoms with Crippen LogP contribution in [-0.2, 0) is 4.74 Å². The summed E-state index contributed by atoms with van der Waals surface area (Å²) in [6.45, 7) is 3.41. The van der Waals surface area contributed by atoms with Crippen LogP contribution in [0.15, 0.2) is 18.2 Å². The van der Waals surface area contributed by atoms with Gasteiger partial charge in [-0.1, -0.05) is 17.7 Å². The highest BCUT2D eigenvalue weighted by Gasteiger charge is 2.22. The van der Waals surface area contributed by atoms with E-state index in [-0.39, 0.29) is 0 Å². The number of hydrogen-bond acceptors (Lipinski definition) is 2. The maximum absolute atomic E-state index is 5.93. The van der Waals surface area contributed by atoms with E-state index in [1.54, 1.807) is 0 Å². The monoisotopic (exact) mass is 198 g/mol. The lowest BCUT2D eigenvalue weighted by Crippen LogP contribution is -2.03. The summed E-state index contributed by atoms with van der Waals surface area (Å²) >= 11 is 5.93. The molecular weight excluding hydrogens is 188 g/mol. The van der Waals surface area contributed by atoms with Crippen molar-refractivity contribution in [3.05, 3.63) is 28.8 Å². The summed E-state index contributed by atoms with van der Waals surface area (Å²) < 4.78 is 10.5. The third-order valence-corrected chi connectivity index (χ3v) is 2.39. The predicted molar refractivity (Wildman–Crippen MR) is 51.4 cm³/mol. The van der Waals surface area contributed by atoms with Crippen LogP contribution < -0.4 is 4.74 Å². The van der Waals surface area contributed by atoms with Gasteiger partial charge in [0.25, 0.3) is 0 Å². The molecule has 0 aliphatic carbocycles. The summed E-state index contributed by atoms with van der Waals surface area (Å²) in [4.78, 5) is 0. The van der Waals surface area contributed by atoms with Crippen LogP contribution in [0.2, 0.25) is 5.02 Å². The van der Waals surface area contributed by atoms with E-state index in [4.69, 9.17) is 21.1 Å². The van der Waals surface area contributed by atoms with Crippen molar-refractivity contribution >= 4 is 11.6 Å². The van der Waals surface area contributed by atoms with Gasteiger partial charge in [-0.2, -0.15) is 0 Å². The van der Waals surface area contributed by atoms with Crippen molar-refractivity contribution in [1.82, 2.24) is 0 Å². The van der Waals surface area contributed by atoms with Crippen molar-refractivity contribution in [3.8, 4) is 5.75 Å². The van der Waals surface area contributed by atoms with Crippen molar-refractivity contribution in [2.75, 3.05) is 13.2 Å². The second-order valence-corrected chi connectivity index (χ2v) is 3.58. The van der Waals surface area contributed by atoms with Crippen LogP contribution in [0.5, 0.6) is 5.75 Å². The third-order valence-electron chi connectivity index (χ3n) is 1.98. The Balaban J connectivity index is 1.98. The van der Waals surface area contributed by atoms with E-state index in [1.165, 1.54) is 0 Å². The molecule has 1 aromatic carbocycles. The van der Waals surface area contributed by atoms with Crippen molar-refractivity contribution < 1.29 is 9.47 Å². The van der Waals surface area contributed by atoms with Gasteiger partial charge in [0.2, 0.25) is 0 Å². The van der Waals surface area contributed by atoms with E-state index in [9.17, 15) is 0 Å². The van der Waals surface area contributed by atoms with E-state index in [0.29, 0.717) is 12.7 Å². The lowest BCUT2D eigenvalue weighted by Gasteiger charge is -2.05. The van der Waals surface area contributed by atoms with Crippen molar-refractivity contribution in [2.24, 2.45) is 0 Å². The van der Waals surface area contributed by atoms with E-state index < -0.39 is 0 Å². The molecule has 1 aromatic rings. The first-order valence-electron chi connectivity index (χ1n) is 4.26. The summed E-state index contributed by atoms with van der Waals surface area (Å²) in [6.07, 6.45) is 0.292. The van der Waals surface area contributed by atoms with Gasteiger partial charge >= 0.3 is 0 Å². The highest BCUT2D eigenvalue weighted by Crippen LogP contribution is 2.22. The van der Waals surface area contributed by atoms with Crippen LogP contribution in [0.3, 0.4) is 0 Å². The fraction of sp³-hybridized carbons (Fsp3) is 0.400. The molecule has 3 heteroatoms. The fourth-order valence-corrected chi connectivity index (χ4v) is 1.19. The minimum atomic E-state index is 0.292. The molecule has 2 nitrogen and oxygen atoms in total. The van der Waals surface area contributed by atoms with Gasteiger partial charge in [-0.05, 0) is 24.6 Å². The zero-order valence-electron chi connectivity index (χ0n) is 7.42. The topological polar surface area (TPSA) is 21.8 Å². The Morgan fingerprint density at radius 2 is 2.38 bits per heavy atom. The first kappa shape index (κ1) is 8.85. The number of halogens is 1. The Labute approximate surface area is 82.4 Å². The maximum atomic E-state index is 5.93. The number of epoxide rings is 1. The van der Waals surface area contributed by atoms with Crippen molar-refractivity contribution in [3.63, 3.8) is 0 Å². The Morgan fingerprint density at radius 3 is 3.00 bits per heavy atom. The average molecular weight is 199 g/mol. The van der Waals surface area contributed by atoms with Gasteiger partial charge in [-0.3, -0.25) is 0 Å². The second-order valence-electron chi connectivity index (χ2n) is 3.18. The van der Waals surface area contributed by atoms with Crippen molar-refractivity contribution in [2.45, 2.75) is 13.0 Å². The lowest BCUT2D eigenvalue weighted by atomic mass is 10.2. The smallest absolute Gasteiger partial charge is 0.120 e. The molecule has 1 saturated heterocycles. The summed E-state index contributed by atoms with van der Waals surface area (Å²) in [5, 5.41) is 0.745. The number of aryl methyl sites for hydroxylation is 1. The normalized spacial score (nSPS) is 20.0. The summed E-state index contributed by atoms with van der Waals surface area (Å²) in [5.41, 5.74) is 1.07. The molecule has 0 bridgehead atoms. The standard InChI is InChI=1S/C10H11ClO2/c1-7-2-3-8(4-10(7)11)12-5-9-6-13-9/h2-4,9H,5-6H2,1H3/t9-/m1/s1. The number of rotatable bonds is 3. The molecule has 0 saturated carbocycles. The van der Waals surface area contributed by atoms with Gasteiger partial charge < -0.3 is 9.47 Å². The molecule has 1 atom stereocenters. The van der Waals surface area contributed by atoms with E-state index in [2.05, 4.69) is 0 Å². The minimum absolute atomic E-state index is 0.292. The zero-order valence-corrected chi connectivity index (χ0v) is 8.17. The molecule has 1 aliphatic heterocycles. The van der Waals surface area contributed by atoms with E-state index >= 15 is 0 Å². The molecule has 0 spiro atoms. The fourth-order valence-electron chi connectivity index (χ4n) is 1.02. The first-order chi connectivity index (χ1) is 6.25. The highest BCUT2D eigenvalue weighted by atomic mass is 35.5. The van der Waals surface area contributed by atoms with Crippen LogP contribution in [0.1, 0.15) is 5.56 Å². The Morgan fingerprint density at radius 1 is 1.62 bits per heavy atom. The molecule has 0 unspecified atom stereocenters. The van der Waals surface area contributed by atoms with E-state index in [1.807, 2.05) is 25.1 Å². The van der Waals surface area contributed by atoms with Crippen LogP contribution in [0, 0.1) is 6.92 Å². The highest BCUT2D eigenvalue weighted by molar-refractivity contribution is 6.31. The molecule has 0 amide bonds. The van der Waals surface area contributed by atoms with Gasteiger partial charge in [0, 0.05) is 5.02 Å². The van der Waals surface area contributed by atoms with Crippen LogP contribution >= 0.6 is 11.6 Å². The Kier molecular flexibility index (Phi) is 2.42. The largest absolute Gasteiger partial charge is 0.491 e. The number of ether oxygens (including phenoxy) is 2. The van der Waals surface area contributed by atoms with Crippen LogP contribution in [-0.4, -0.2) is 19.3 Å². The zero-order chi connectivity index (χ0) is 9.26. The summed E-state index contributed by atoms with van der Waals surface area (Å²) in [5.74, 6) is 0.811. The molecular formula is C10H11ClO2. The molecule has 1 aliphatic rings. The van der Waals surface area contributed by atoms with Crippen molar-refractivity contribution in [1.29, 1.82) is 0 Å². The molecule has 2 rings (SSSR count). The molecule has 0 N–H and O–H groups in total. The number of benzene rings is 1. The Hall–Kier alpha value is -0.730. The average Bonchev–Trinajstić information content (AvgIpc) is 2.91. The Bertz CT molecular complexity index is 308. The van der Waals surface area contributed by atoms with Gasteiger partial charge in [-0.25, -0.2) is 0 Å². The quantitative estimate of drug-likeness (QED) is 0.696. The molecule has 1 heterocycles. The van der Waals surface area contributed by atoms with Gasteiger partial charge in [0.1, 0.15) is 18.5 Å². The van der Waals surface area contributed by atoms with Crippen LogP contribution in [0.4, 0.5) is 0 Å². The second kappa shape index (κ2) is 3.56. The van der Waals surface area contributed by atoms with Gasteiger partial charge in [0.05, 0.1) is 6.61 Å². The maximum Gasteiger partial charge on any atom is 0.120 e. The molecule has 1 fully saturated rings. The van der Waals surface area contributed by atoms with E-state index in [0.717, 1.165) is 22.9 Å². The van der Waals surface area contributed by atoms with Gasteiger partial charge in [-0.15, -0.1) is 0 Å². The molecule has 70 valence electrons. The molecule has 13 heavy (non-hydrogen) atoms. The third kappa shape index (κ3) is 2.36. The summed E-state index contributed by atoms with van der Waals surface area (Å²) in [7, 11) is 0. The predicted octanol–water partition coefficient (Wildman–Crippen LogP) is 2.43. The lowest BCUT2D eigenvalue weighted by molar-refractivity contribution is 0.263. The SMILES string of the molecule is Cc1ccc(OC[C@@H]2CO2)cc1Cl. The molecule has 0 aromatic heterocycles. The van der Waals surface area contributed by atoms with Gasteiger partial charge in [0.15, 0.2) is 0 Å².